The highest BCUT2D eigenvalue weighted by atomic mass is 32.2. The Morgan fingerprint density at radius 3 is 2.52 bits per heavy atom. The Kier molecular flexibility index (Phi) is 5.41. The fourth-order valence-corrected chi connectivity index (χ4v) is 4.75. The number of amides is 1. The molecule has 1 fully saturated rings. The lowest BCUT2D eigenvalue weighted by atomic mass is 10.1. The molecule has 0 aromatic heterocycles. The van der Waals surface area contributed by atoms with Crippen LogP contribution in [-0.4, -0.2) is 33.7 Å². The molecule has 1 aliphatic rings. The van der Waals surface area contributed by atoms with Gasteiger partial charge in [0.25, 0.3) is 5.91 Å². The molecular formula is C20H24N2O4S. The summed E-state index contributed by atoms with van der Waals surface area (Å²) in [5, 5.41) is 2.85. The molecule has 0 spiro atoms. The third kappa shape index (κ3) is 4.08. The molecule has 2 aromatic carbocycles. The average molecular weight is 388 g/mol. The maximum atomic E-state index is 12.6. The number of carbonyl (C=O) groups excluding carboxylic acids is 1. The van der Waals surface area contributed by atoms with Crippen LogP contribution in [0.15, 0.2) is 36.4 Å². The van der Waals surface area contributed by atoms with E-state index in [4.69, 9.17) is 4.74 Å². The van der Waals surface area contributed by atoms with Crippen LogP contribution in [0.25, 0.3) is 0 Å². The summed E-state index contributed by atoms with van der Waals surface area (Å²) >= 11 is 0. The lowest BCUT2D eigenvalue weighted by Crippen LogP contribution is -2.38. The van der Waals surface area contributed by atoms with Crippen LogP contribution >= 0.6 is 0 Å². The number of rotatable bonds is 4. The molecule has 7 heteroatoms. The van der Waals surface area contributed by atoms with Gasteiger partial charge in [-0.3, -0.25) is 9.10 Å². The quantitative estimate of drug-likeness (QED) is 0.870. The van der Waals surface area contributed by atoms with Crippen LogP contribution in [0, 0.1) is 13.8 Å². The van der Waals surface area contributed by atoms with Crippen LogP contribution in [0.5, 0.6) is 5.75 Å². The second kappa shape index (κ2) is 7.60. The predicted octanol–water partition coefficient (Wildman–Crippen LogP) is 3.49. The van der Waals surface area contributed by atoms with Crippen LogP contribution in [0.1, 0.15) is 34.3 Å². The molecule has 1 saturated heterocycles. The van der Waals surface area contributed by atoms with E-state index in [0.717, 1.165) is 17.5 Å². The third-order valence-electron chi connectivity index (χ3n) is 4.82. The summed E-state index contributed by atoms with van der Waals surface area (Å²) in [5.74, 6) is 0.343. The zero-order valence-corrected chi connectivity index (χ0v) is 16.6. The normalized spacial score (nSPS) is 16.0. The zero-order valence-electron chi connectivity index (χ0n) is 15.8. The number of hydrogen-bond acceptors (Lipinski definition) is 4. The van der Waals surface area contributed by atoms with Gasteiger partial charge in [0.05, 0.1) is 18.6 Å². The van der Waals surface area contributed by atoms with Crippen molar-refractivity contribution in [3.8, 4) is 5.75 Å². The Labute approximate surface area is 160 Å². The minimum atomic E-state index is -3.38. The van der Waals surface area contributed by atoms with Crippen molar-refractivity contribution in [1.82, 2.24) is 0 Å². The molecule has 1 amide bonds. The number of sulfonamides is 1. The van der Waals surface area contributed by atoms with Crippen molar-refractivity contribution in [2.24, 2.45) is 0 Å². The molecule has 0 atom stereocenters. The molecule has 6 nitrogen and oxygen atoms in total. The first-order valence-electron chi connectivity index (χ1n) is 8.89. The summed E-state index contributed by atoms with van der Waals surface area (Å²) in [6.07, 6.45) is 1.45. The Morgan fingerprint density at radius 1 is 1.07 bits per heavy atom. The maximum absolute atomic E-state index is 12.6. The summed E-state index contributed by atoms with van der Waals surface area (Å²) in [5.41, 5.74) is 3.69. The summed E-state index contributed by atoms with van der Waals surface area (Å²) in [6.45, 7) is 4.36. The summed E-state index contributed by atoms with van der Waals surface area (Å²) in [4.78, 5) is 12.6. The molecular weight excluding hydrogens is 364 g/mol. The number of ether oxygens (including phenoxy) is 1. The topological polar surface area (TPSA) is 75.7 Å². The summed E-state index contributed by atoms with van der Waals surface area (Å²) in [6, 6.07) is 10.6. The molecule has 1 N–H and O–H groups in total. The van der Waals surface area contributed by atoms with E-state index in [2.05, 4.69) is 5.32 Å². The average Bonchev–Trinajstić information content (AvgIpc) is 2.63. The fraction of sp³-hybridized carbons (Fsp3) is 0.350. The van der Waals surface area contributed by atoms with E-state index in [0.29, 0.717) is 35.7 Å². The number of hydrogen-bond donors (Lipinski definition) is 1. The third-order valence-corrected chi connectivity index (χ3v) is 6.68. The summed E-state index contributed by atoms with van der Waals surface area (Å²) in [7, 11) is -1.87. The van der Waals surface area contributed by atoms with Crippen molar-refractivity contribution in [2.75, 3.05) is 29.0 Å². The molecule has 1 aliphatic heterocycles. The van der Waals surface area contributed by atoms with E-state index in [1.807, 2.05) is 26.0 Å². The second-order valence-electron chi connectivity index (χ2n) is 6.74. The van der Waals surface area contributed by atoms with Gasteiger partial charge in [0, 0.05) is 17.8 Å². The van der Waals surface area contributed by atoms with E-state index in [1.54, 1.807) is 24.3 Å². The molecule has 0 radical (unpaired) electrons. The predicted molar refractivity (Wildman–Crippen MR) is 107 cm³/mol. The van der Waals surface area contributed by atoms with Gasteiger partial charge in [-0.05, 0) is 68.1 Å². The number of anilines is 2. The molecule has 1 heterocycles. The number of nitrogens with zero attached hydrogens (tertiary/aromatic N) is 1. The highest BCUT2D eigenvalue weighted by molar-refractivity contribution is 7.92. The van der Waals surface area contributed by atoms with Gasteiger partial charge in [0.2, 0.25) is 10.0 Å². The minimum absolute atomic E-state index is 0.120. The van der Waals surface area contributed by atoms with Crippen molar-refractivity contribution in [2.45, 2.75) is 26.7 Å². The standard InChI is InChI=1S/C20H24N2O4S/c1-14-6-7-16(12-15(14)2)20(23)21-17-8-9-19(26-3)18(13-17)22-10-4-5-11-27(22,24)25/h6-9,12-13H,4-5,10-11H2,1-3H3,(H,21,23). The Balaban J connectivity index is 1.91. The van der Waals surface area contributed by atoms with E-state index >= 15 is 0 Å². The largest absolute Gasteiger partial charge is 0.495 e. The van der Waals surface area contributed by atoms with Crippen molar-refractivity contribution in [1.29, 1.82) is 0 Å². The highest BCUT2D eigenvalue weighted by Crippen LogP contribution is 2.35. The highest BCUT2D eigenvalue weighted by Gasteiger charge is 2.28. The van der Waals surface area contributed by atoms with Gasteiger partial charge in [-0.2, -0.15) is 0 Å². The molecule has 27 heavy (non-hydrogen) atoms. The summed E-state index contributed by atoms with van der Waals surface area (Å²) < 4.78 is 31.6. The first-order chi connectivity index (χ1) is 12.8. The van der Waals surface area contributed by atoms with E-state index < -0.39 is 10.0 Å². The van der Waals surface area contributed by atoms with Gasteiger partial charge >= 0.3 is 0 Å². The first-order valence-corrected chi connectivity index (χ1v) is 10.5. The van der Waals surface area contributed by atoms with Crippen LogP contribution in [0.3, 0.4) is 0 Å². The monoisotopic (exact) mass is 388 g/mol. The lowest BCUT2D eigenvalue weighted by Gasteiger charge is -2.29. The van der Waals surface area contributed by atoms with E-state index in [1.165, 1.54) is 11.4 Å². The number of methoxy groups -OCH3 is 1. The van der Waals surface area contributed by atoms with Crippen molar-refractivity contribution >= 4 is 27.3 Å². The maximum Gasteiger partial charge on any atom is 0.255 e. The first kappa shape index (κ1) is 19.2. The molecule has 0 bridgehead atoms. The second-order valence-corrected chi connectivity index (χ2v) is 8.75. The molecule has 0 unspecified atom stereocenters. The van der Waals surface area contributed by atoms with Gasteiger partial charge in [0.15, 0.2) is 0 Å². The molecule has 0 saturated carbocycles. The van der Waals surface area contributed by atoms with Gasteiger partial charge in [-0.15, -0.1) is 0 Å². The number of aryl methyl sites for hydroxylation is 2. The van der Waals surface area contributed by atoms with Crippen molar-refractivity contribution < 1.29 is 17.9 Å². The Bertz CT molecular complexity index is 970. The van der Waals surface area contributed by atoms with Gasteiger partial charge in [-0.25, -0.2) is 8.42 Å². The molecule has 0 aliphatic carbocycles. The number of carbonyl (C=O) groups is 1. The Hall–Kier alpha value is -2.54. The van der Waals surface area contributed by atoms with Crippen molar-refractivity contribution in [3.05, 3.63) is 53.1 Å². The fourth-order valence-electron chi connectivity index (χ4n) is 3.11. The molecule has 144 valence electrons. The van der Waals surface area contributed by atoms with Gasteiger partial charge in [-0.1, -0.05) is 6.07 Å². The van der Waals surface area contributed by atoms with Crippen LogP contribution in [0.4, 0.5) is 11.4 Å². The minimum Gasteiger partial charge on any atom is -0.495 e. The van der Waals surface area contributed by atoms with Crippen molar-refractivity contribution in [3.63, 3.8) is 0 Å². The Morgan fingerprint density at radius 2 is 1.85 bits per heavy atom. The molecule has 2 aromatic rings. The van der Waals surface area contributed by atoms with Gasteiger partial charge < -0.3 is 10.1 Å². The van der Waals surface area contributed by atoms with Gasteiger partial charge in [0.1, 0.15) is 5.75 Å². The van der Waals surface area contributed by atoms with Crippen LogP contribution in [-0.2, 0) is 10.0 Å². The smallest absolute Gasteiger partial charge is 0.255 e. The number of benzene rings is 2. The SMILES string of the molecule is COc1ccc(NC(=O)c2ccc(C)c(C)c2)cc1N1CCCCS1(=O)=O. The number of nitrogens with one attached hydrogen (secondary N) is 1. The molecule has 3 rings (SSSR count). The van der Waals surface area contributed by atoms with E-state index in [-0.39, 0.29) is 11.7 Å². The van der Waals surface area contributed by atoms with Crippen LogP contribution in [0.2, 0.25) is 0 Å². The van der Waals surface area contributed by atoms with Crippen LogP contribution < -0.4 is 14.4 Å². The zero-order chi connectivity index (χ0) is 19.6. The van der Waals surface area contributed by atoms with E-state index in [9.17, 15) is 13.2 Å². The lowest BCUT2D eigenvalue weighted by molar-refractivity contribution is 0.102.